The van der Waals surface area contributed by atoms with Crippen molar-refractivity contribution in [2.45, 2.75) is 23.5 Å². The molecule has 1 N–H and O–H groups in total. The summed E-state index contributed by atoms with van der Waals surface area (Å²) < 4.78 is 40.1. The average molecular weight is 346 g/mol. The zero-order valence-electron chi connectivity index (χ0n) is 12.6. The van der Waals surface area contributed by atoms with Gasteiger partial charge >= 0.3 is 0 Å². The molecule has 2 aromatic rings. The van der Waals surface area contributed by atoms with Gasteiger partial charge in [0.15, 0.2) is 0 Å². The monoisotopic (exact) mass is 346 g/mol. The Balaban J connectivity index is 1.98. The Morgan fingerprint density at radius 3 is 2.33 bits per heavy atom. The van der Waals surface area contributed by atoms with Crippen LogP contribution in [0.3, 0.4) is 0 Å². The van der Waals surface area contributed by atoms with E-state index in [0.717, 1.165) is 0 Å². The van der Waals surface area contributed by atoms with Gasteiger partial charge in [-0.05, 0) is 48.4 Å². The number of halogens is 1. The van der Waals surface area contributed by atoms with Gasteiger partial charge in [-0.1, -0.05) is 12.1 Å². The molecule has 1 saturated heterocycles. The first-order chi connectivity index (χ1) is 11.4. The van der Waals surface area contributed by atoms with Crippen molar-refractivity contribution in [3.05, 3.63) is 65.5 Å². The Hall–Kier alpha value is -2.27. The lowest BCUT2D eigenvalue weighted by Gasteiger charge is -2.24. The highest BCUT2D eigenvalue weighted by atomic mass is 32.2. The molecule has 0 spiro atoms. The molecule has 1 heterocycles. The highest BCUT2D eigenvalue weighted by Gasteiger charge is 2.40. The standard InChI is InChI=1S/C17H15FN2O3S/c18-14-5-3-13(4-6-14)17-9-15(21)11-20(17)24(22,23)16-7-1-12(10-19)2-8-16/h1-8,15,17,21H,9,11H2/t15-,17+/m0/s1. The molecular weight excluding hydrogens is 331 g/mol. The lowest BCUT2D eigenvalue weighted by atomic mass is 10.0. The fourth-order valence-corrected chi connectivity index (χ4v) is 4.54. The first-order valence-corrected chi connectivity index (χ1v) is 8.81. The topological polar surface area (TPSA) is 81.4 Å². The second-order valence-electron chi connectivity index (χ2n) is 5.67. The molecular formula is C17H15FN2O3S. The maximum atomic E-state index is 13.1. The van der Waals surface area contributed by atoms with Crippen molar-refractivity contribution in [2.75, 3.05) is 6.54 Å². The van der Waals surface area contributed by atoms with E-state index in [-0.39, 0.29) is 17.9 Å². The molecule has 0 saturated carbocycles. The van der Waals surface area contributed by atoms with Crippen molar-refractivity contribution in [3.63, 3.8) is 0 Å². The maximum Gasteiger partial charge on any atom is 0.243 e. The zero-order chi connectivity index (χ0) is 17.3. The molecule has 7 heteroatoms. The number of rotatable bonds is 3. The lowest BCUT2D eigenvalue weighted by Crippen LogP contribution is -2.31. The molecule has 0 aliphatic carbocycles. The summed E-state index contributed by atoms with van der Waals surface area (Å²) in [6, 6.07) is 12.6. The van der Waals surface area contributed by atoms with Crippen molar-refractivity contribution >= 4 is 10.0 Å². The molecule has 2 aromatic carbocycles. The summed E-state index contributed by atoms with van der Waals surface area (Å²) >= 11 is 0. The molecule has 124 valence electrons. The van der Waals surface area contributed by atoms with E-state index in [1.165, 1.54) is 52.8 Å². The van der Waals surface area contributed by atoms with Crippen molar-refractivity contribution in [1.29, 1.82) is 5.26 Å². The van der Waals surface area contributed by atoms with Gasteiger partial charge in [0.25, 0.3) is 0 Å². The van der Waals surface area contributed by atoms with Gasteiger partial charge in [-0.15, -0.1) is 0 Å². The number of hydrogen-bond acceptors (Lipinski definition) is 4. The smallest absolute Gasteiger partial charge is 0.243 e. The van der Waals surface area contributed by atoms with Crippen molar-refractivity contribution in [1.82, 2.24) is 4.31 Å². The van der Waals surface area contributed by atoms with E-state index in [2.05, 4.69) is 0 Å². The summed E-state index contributed by atoms with van der Waals surface area (Å²) in [6.45, 7) is -0.0234. The maximum absolute atomic E-state index is 13.1. The number of benzene rings is 2. The lowest BCUT2D eigenvalue weighted by molar-refractivity contribution is 0.188. The molecule has 0 bridgehead atoms. The fraction of sp³-hybridized carbons (Fsp3) is 0.235. The summed E-state index contributed by atoms with van der Waals surface area (Å²) in [4.78, 5) is 0.0581. The van der Waals surface area contributed by atoms with Crippen LogP contribution in [-0.2, 0) is 10.0 Å². The first kappa shape index (κ1) is 16.6. The van der Waals surface area contributed by atoms with Crippen LogP contribution in [0.1, 0.15) is 23.6 Å². The van der Waals surface area contributed by atoms with Crippen LogP contribution in [-0.4, -0.2) is 30.5 Å². The molecule has 1 fully saturated rings. The third-order valence-corrected chi connectivity index (χ3v) is 5.97. The van der Waals surface area contributed by atoms with Crippen LogP contribution in [0.4, 0.5) is 4.39 Å². The molecule has 3 rings (SSSR count). The van der Waals surface area contributed by atoms with Gasteiger partial charge in [0, 0.05) is 6.54 Å². The van der Waals surface area contributed by atoms with Gasteiger partial charge in [-0.3, -0.25) is 0 Å². The second-order valence-corrected chi connectivity index (χ2v) is 7.56. The van der Waals surface area contributed by atoms with Crippen LogP contribution < -0.4 is 0 Å². The second kappa shape index (κ2) is 6.32. The average Bonchev–Trinajstić information content (AvgIpc) is 2.98. The number of β-amino-alcohol motifs (C(OH)–C–C–N with tert-alkyl or cyclic N) is 1. The molecule has 0 amide bonds. The van der Waals surface area contributed by atoms with Gasteiger partial charge in [0.1, 0.15) is 5.82 Å². The minimum absolute atomic E-state index is 0.0234. The van der Waals surface area contributed by atoms with Crippen molar-refractivity contribution in [3.8, 4) is 6.07 Å². The van der Waals surface area contributed by atoms with Gasteiger partial charge < -0.3 is 5.11 Å². The molecule has 24 heavy (non-hydrogen) atoms. The quantitative estimate of drug-likeness (QED) is 0.924. The Morgan fingerprint density at radius 2 is 1.75 bits per heavy atom. The van der Waals surface area contributed by atoms with E-state index >= 15 is 0 Å². The summed E-state index contributed by atoms with van der Waals surface area (Å²) in [7, 11) is -3.83. The number of aliphatic hydroxyl groups is 1. The van der Waals surface area contributed by atoms with Crippen LogP contribution in [0.5, 0.6) is 0 Å². The van der Waals surface area contributed by atoms with Gasteiger partial charge in [0.2, 0.25) is 10.0 Å². The number of sulfonamides is 1. The highest BCUT2D eigenvalue weighted by Crippen LogP contribution is 2.36. The van der Waals surface area contributed by atoms with Crippen LogP contribution in [0.25, 0.3) is 0 Å². The van der Waals surface area contributed by atoms with E-state index in [1.54, 1.807) is 0 Å². The minimum Gasteiger partial charge on any atom is -0.392 e. The number of nitriles is 1. The zero-order valence-corrected chi connectivity index (χ0v) is 13.4. The first-order valence-electron chi connectivity index (χ1n) is 7.37. The summed E-state index contributed by atoms with van der Waals surface area (Å²) in [5.41, 5.74) is 0.996. The van der Waals surface area contributed by atoms with E-state index < -0.39 is 28.0 Å². The van der Waals surface area contributed by atoms with Crippen molar-refractivity contribution < 1.29 is 17.9 Å². The molecule has 1 aliphatic rings. The Labute approximate surface area is 139 Å². The Morgan fingerprint density at radius 1 is 1.12 bits per heavy atom. The number of hydrogen-bond donors (Lipinski definition) is 1. The van der Waals surface area contributed by atoms with E-state index in [4.69, 9.17) is 5.26 Å². The van der Waals surface area contributed by atoms with Gasteiger partial charge in [-0.25, -0.2) is 12.8 Å². The molecule has 0 aromatic heterocycles. The van der Waals surface area contributed by atoms with Crippen LogP contribution in [0.2, 0.25) is 0 Å². The predicted octanol–water partition coefficient (Wildman–Crippen LogP) is 2.19. The molecule has 2 atom stereocenters. The van der Waals surface area contributed by atoms with Crippen LogP contribution in [0.15, 0.2) is 53.4 Å². The van der Waals surface area contributed by atoms with Crippen molar-refractivity contribution in [2.24, 2.45) is 0 Å². The van der Waals surface area contributed by atoms with E-state index in [0.29, 0.717) is 11.1 Å². The largest absolute Gasteiger partial charge is 0.392 e. The molecule has 0 unspecified atom stereocenters. The van der Waals surface area contributed by atoms with Crippen LogP contribution >= 0.6 is 0 Å². The SMILES string of the molecule is N#Cc1ccc(S(=O)(=O)N2C[C@@H](O)C[C@@H]2c2ccc(F)cc2)cc1. The minimum atomic E-state index is -3.83. The predicted molar refractivity (Wildman–Crippen MR) is 84.8 cm³/mol. The molecule has 1 aliphatic heterocycles. The summed E-state index contributed by atoms with van der Waals surface area (Å²) in [5.74, 6) is -0.404. The Bertz CT molecular complexity index is 874. The van der Waals surface area contributed by atoms with E-state index in [1.807, 2.05) is 6.07 Å². The van der Waals surface area contributed by atoms with Gasteiger partial charge in [-0.2, -0.15) is 9.57 Å². The molecule has 0 radical (unpaired) electrons. The van der Waals surface area contributed by atoms with E-state index in [9.17, 15) is 17.9 Å². The molecule has 5 nitrogen and oxygen atoms in total. The third kappa shape index (κ3) is 3.04. The van der Waals surface area contributed by atoms with Crippen LogP contribution in [0, 0.1) is 17.1 Å². The Kier molecular flexibility index (Phi) is 4.37. The normalized spacial score (nSPS) is 21.5. The fourth-order valence-electron chi connectivity index (χ4n) is 2.87. The summed E-state index contributed by atoms with van der Waals surface area (Å²) in [5, 5.41) is 18.8. The summed E-state index contributed by atoms with van der Waals surface area (Å²) in [6.07, 6.45) is -0.533. The number of nitrogens with zero attached hydrogens (tertiary/aromatic N) is 2. The van der Waals surface area contributed by atoms with Gasteiger partial charge in [0.05, 0.1) is 28.7 Å². The number of aliphatic hydroxyl groups excluding tert-OH is 1. The highest BCUT2D eigenvalue weighted by molar-refractivity contribution is 7.89. The third-order valence-electron chi connectivity index (χ3n) is 4.08.